The first kappa shape index (κ1) is 22.3. The number of amides is 1. The first-order chi connectivity index (χ1) is 15.9. The lowest BCUT2D eigenvalue weighted by Crippen LogP contribution is -2.32. The van der Waals surface area contributed by atoms with Gasteiger partial charge in [-0.25, -0.2) is 0 Å². The van der Waals surface area contributed by atoms with Gasteiger partial charge in [0.25, 0.3) is 11.7 Å². The number of benzene rings is 2. The number of nitrogens with zero attached hydrogens (tertiary/aromatic N) is 1. The highest BCUT2D eigenvalue weighted by Crippen LogP contribution is 2.41. The van der Waals surface area contributed by atoms with Gasteiger partial charge in [0.2, 0.25) is 0 Å². The SMILES string of the molecule is COCCN1C(=O)C(=O)/C(=C(\O)c2ccc3c(c2)OCCO3)C1c1cccc(OC(C)=O)c1. The Hall–Kier alpha value is -3.85. The molecule has 0 saturated carbocycles. The van der Waals surface area contributed by atoms with E-state index in [1.165, 1.54) is 18.9 Å². The van der Waals surface area contributed by atoms with Crippen molar-refractivity contribution in [1.29, 1.82) is 0 Å². The third kappa shape index (κ3) is 4.40. The minimum Gasteiger partial charge on any atom is -0.507 e. The summed E-state index contributed by atoms with van der Waals surface area (Å²) >= 11 is 0. The zero-order chi connectivity index (χ0) is 23.5. The molecule has 2 aliphatic rings. The maximum Gasteiger partial charge on any atom is 0.308 e. The number of rotatable bonds is 6. The van der Waals surface area contributed by atoms with Crippen molar-refractivity contribution < 1.29 is 38.4 Å². The fourth-order valence-corrected chi connectivity index (χ4v) is 3.91. The van der Waals surface area contributed by atoms with E-state index in [1.807, 2.05) is 0 Å². The van der Waals surface area contributed by atoms with Crippen LogP contribution in [0.25, 0.3) is 5.76 Å². The van der Waals surface area contributed by atoms with Crippen LogP contribution < -0.4 is 14.2 Å². The molecule has 0 spiro atoms. The highest BCUT2D eigenvalue weighted by Gasteiger charge is 2.46. The van der Waals surface area contributed by atoms with Crippen LogP contribution in [-0.2, 0) is 19.1 Å². The molecule has 0 bridgehead atoms. The minimum atomic E-state index is -0.899. The third-order valence-corrected chi connectivity index (χ3v) is 5.33. The molecule has 0 radical (unpaired) electrons. The standard InChI is InChI=1S/C24H23NO8/c1-14(26)33-17-5-3-4-15(12-17)21-20(23(28)24(29)25(21)8-9-30-2)22(27)16-6-7-18-19(13-16)32-11-10-31-18/h3-7,12-13,21,27H,8-11H2,1-2H3/b22-20-. The Morgan fingerprint density at radius 3 is 2.61 bits per heavy atom. The molecule has 4 rings (SSSR count). The van der Waals surface area contributed by atoms with Crippen molar-refractivity contribution in [2.45, 2.75) is 13.0 Å². The van der Waals surface area contributed by atoms with Gasteiger partial charge in [-0.3, -0.25) is 14.4 Å². The van der Waals surface area contributed by atoms with Gasteiger partial charge in [-0.15, -0.1) is 0 Å². The summed E-state index contributed by atoms with van der Waals surface area (Å²) in [6, 6.07) is 10.4. The van der Waals surface area contributed by atoms with Crippen molar-refractivity contribution in [3.05, 3.63) is 59.2 Å². The second-order valence-corrected chi connectivity index (χ2v) is 7.51. The average molecular weight is 453 g/mol. The van der Waals surface area contributed by atoms with E-state index in [0.717, 1.165) is 0 Å². The summed E-state index contributed by atoms with van der Waals surface area (Å²) < 4.78 is 21.4. The summed E-state index contributed by atoms with van der Waals surface area (Å²) in [6.07, 6.45) is 0. The Kier molecular flexibility index (Phi) is 6.32. The number of hydrogen-bond acceptors (Lipinski definition) is 8. The van der Waals surface area contributed by atoms with E-state index in [-0.39, 0.29) is 30.2 Å². The lowest BCUT2D eigenvalue weighted by atomic mass is 9.95. The number of aliphatic hydroxyl groups is 1. The van der Waals surface area contributed by atoms with E-state index in [0.29, 0.717) is 35.8 Å². The Morgan fingerprint density at radius 2 is 1.88 bits per heavy atom. The molecule has 1 atom stereocenters. The van der Waals surface area contributed by atoms with Gasteiger partial charge in [-0.05, 0) is 35.9 Å². The lowest BCUT2D eigenvalue weighted by Gasteiger charge is -2.25. The first-order valence-electron chi connectivity index (χ1n) is 10.4. The molecule has 2 heterocycles. The van der Waals surface area contributed by atoms with Gasteiger partial charge in [-0.2, -0.15) is 0 Å². The van der Waals surface area contributed by atoms with Gasteiger partial charge in [-0.1, -0.05) is 12.1 Å². The summed E-state index contributed by atoms with van der Waals surface area (Å²) in [5, 5.41) is 11.2. The number of ketones is 1. The summed E-state index contributed by atoms with van der Waals surface area (Å²) in [5.41, 5.74) is 0.737. The Morgan fingerprint density at radius 1 is 1.12 bits per heavy atom. The Labute approximate surface area is 190 Å². The van der Waals surface area contributed by atoms with Gasteiger partial charge < -0.3 is 29.0 Å². The molecule has 1 unspecified atom stereocenters. The van der Waals surface area contributed by atoms with E-state index in [2.05, 4.69) is 0 Å². The van der Waals surface area contributed by atoms with E-state index in [9.17, 15) is 19.5 Å². The number of carbonyl (C=O) groups is 3. The van der Waals surface area contributed by atoms with Crippen molar-refractivity contribution >= 4 is 23.4 Å². The molecule has 2 aliphatic heterocycles. The topological polar surface area (TPSA) is 112 Å². The van der Waals surface area contributed by atoms with Crippen molar-refractivity contribution in [3.8, 4) is 17.2 Å². The highest BCUT2D eigenvalue weighted by atomic mass is 16.6. The normalized spacial score (nSPS) is 19.0. The van der Waals surface area contributed by atoms with Gasteiger partial charge in [0.1, 0.15) is 24.7 Å². The molecular formula is C24H23NO8. The predicted molar refractivity (Wildman–Crippen MR) is 116 cm³/mol. The molecule has 1 saturated heterocycles. The zero-order valence-corrected chi connectivity index (χ0v) is 18.2. The number of ether oxygens (including phenoxy) is 4. The number of fused-ring (bicyclic) bond motifs is 1. The van der Waals surface area contributed by atoms with Crippen LogP contribution in [0.3, 0.4) is 0 Å². The number of likely N-dealkylation sites (tertiary alicyclic amines) is 1. The largest absolute Gasteiger partial charge is 0.507 e. The molecule has 1 fully saturated rings. The molecule has 0 aromatic heterocycles. The van der Waals surface area contributed by atoms with E-state index in [1.54, 1.807) is 42.5 Å². The van der Waals surface area contributed by atoms with E-state index < -0.39 is 23.7 Å². The Balaban J connectivity index is 1.83. The van der Waals surface area contributed by atoms with Crippen LogP contribution in [-0.4, -0.2) is 61.1 Å². The lowest BCUT2D eigenvalue weighted by molar-refractivity contribution is -0.140. The fourth-order valence-electron chi connectivity index (χ4n) is 3.91. The van der Waals surface area contributed by atoms with Gasteiger partial charge in [0.05, 0.1) is 18.2 Å². The summed E-state index contributed by atoms with van der Waals surface area (Å²) in [5.74, 6) is -1.19. The maximum absolute atomic E-state index is 13.0. The quantitative estimate of drug-likeness (QED) is 0.233. The number of aliphatic hydroxyl groups excluding tert-OH is 1. The predicted octanol–water partition coefficient (Wildman–Crippen LogP) is 2.45. The maximum atomic E-state index is 13.0. The summed E-state index contributed by atoms with van der Waals surface area (Å²) in [7, 11) is 1.49. The van der Waals surface area contributed by atoms with Crippen molar-refractivity contribution in [2.24, 2.45) is 0 Å². The van der Waals surface area contributed by atoms with Crippen LogP contribution in [0.15, 0.2) is 48.0 Å². The number of esters is 1. The zero-order valence-electron chi connectivity index (χ0n) is 18.2. The molecule has 2 aromatic carbocycles. The second-order valence-electron chi connectivity index (χ2n) is 7.51. The number of Topliss-reactive ketones (excluding diaryl/α,β-unsaturated/α-hetero) is 1. The van der Waals surface area contributed by atoms with Crippen LogP contribution >= 0.6 is 0 Å². The molecule has 172 valence electrons. The molecular weight excluding hydrogens is 430 g/mol. The Bertz CT molecular complexity index is 1140. The van der Waals surface area contributed by atoms with E-state index in [4.69, 9.17) is 18.9 Å². The number of hydrogen-bond donors (Lipinski definition) is 1. The van der Waals surface area contributed by atoms with Gasteiger partial charge in [0.15, 0.2) is 11.5 Å². The fraction of sp³-hybridized carbons (Fsp3) is 0.292. The van der Waals surface area contributed by atoms with Crippen molar-refractivity contribution in [2.75, 3.05) is 33.5 Å². The van der Waals surface area contributed by atoms with Crippen LogP contribution in [0.1, 0.15) is 24.1 Å². The van der Waals surface area contributed by atoms with Gasteiger partial charge in [0, 0.05) is 26.1 Å². The monoisotopic (exact) mass is 453 g/mol. The van der Waals surface area contributed by atoms with Crippen molar-refractivity contribution in [1.82, 2.24) is 4.90 Å². The molecule has 0 aliphatic carbocycles. The summed E-state index contributed by atoms with van der Waals surface area (Å²) in [4.78, 5) is 38.7. The minimum absolute atomic E-state index is 0.0762. The second kappa shape index (κ2) is 9.33. The summed E-state index contributed by atoms with van der Waals surface area (Å²) in [6.45, 7) is 2.38. The molecule has 1 N–H and O–H groups in total. The van der Waals surface area contributed by atoms with Crippen LogP contribution in [0, 0.1) is 0 Å². The molecule has 33 heavy (non-hydrogen) atoms. The van der Waals surface area contributed by atoms with Gasteiger partial charge >= 0.3 is 5.97 Å². The highest BCUT2D eigenvalue weighted by molar-refractivity contribution is 6.46. The van der Waals surface area contributed by atoms with Crippen LogP contribution in [0.4, 0.5) is 0 Å². The molecule has 2 aromatic rings. The number of carbonyl (C=O) groups excluding carboxylic acids is 3. The number of methoxy groups -OCH3 is 1. The molecule has 9 heteroatoms. The third-order valence-electron chi connectivity index (χ3n) is 5.33. The first-order valence-corrected chi connectivity index (χ1v) is 10.4. The smallest absolute Gasteiger partial charge is 0.308 e. The van der Waals surface area contributed by atoms with Crippen molar-refractivity contribution in [3.63, 3.8) is 0 Å². The van der Waals surface area contributed by atoms with E-state index >= 15 is 0 Å². The van der Waals surface area contributed by atoms with Crippen LogP contribution in [0.2, 0.25) is 0 Å². The molecule has 1 amide bonds. The molecule has 9 nitrogen and oxygen atoms in total. The average Bonchev–Trinajstić information content (AvgIpc) is 3.06. The van der Waals surface area contributed by atoms with Crippen LogP contribution in [0.5, 0.6) is 17.2 Å².